The lowest BCUT2D eigenvalue weighted by Gasteiger charge is -2.38. The van der Waals surface area contributed by atoms with E-state index in [9.17, 15) is 9.59 Å². The molecule has 2 fully saturated rings. The van der Waals surface area contributed by atoms with Gasteiger partial charge in [0.1, 0.15) is 12.1 Å². The maximum absolute atomic E-state index is 13.1. The van der Waals surface area contributed by atoms with Crippen molar-refractivity contribution >= 4 is 17.6 Å². The quantitative estimate of drug-likeness (QED) is 0.925. The van der Waals surface area contributed by atoms with Crippen LogP contribution in [0.5, 0.6) is 0 Å². The minimum Gasteiger partial charge on any atom is -0.481 e. The van der Waals surface area contributed by atoms with Crippen LogP contribution in [0.1, 0.15) is 18.0 Å². The number of carboxylic acids is 1. The summed E-state index contributed by atoms with van der Waals surface area (Å²) in [5.74, 6) is -1.29. The largest absolute Gasteiger partial charge is 0.481 e. The lowest BCUT2D eigenvalue weighted by Crippen LogP contribution is -2.51. The third-order valence-corrected chi connectivity index (χ3v) is 4.50. The van der Waals surface area contributed by atoms with Crippen molar-refractivity contribution in [1.82, 2.24) is 0 Å². The normalized spacial score (nSPS) is 28.2. The molecule has 0 saturated carbocycles. The summed E-state index contributed by atoms with van der Waals surface area (Å²) in [5.41, 5.74) is 1.61. The average molecular weight is 339 g/mol. The third kappa shape index (κ3) is 2.79. The van der Waals surface area contributed by atoms with Gasteiger partial charge in [0.2, 0.25) is 0 Å². The molecule has 0 spiro atoms. The Bertz CT molecular complexity index is 779. The summed E-state index contributed by atoms with van der Waals surface area (Å²) in [6.07, 6.45) is -2.65. The van der Waals surface area contributed by atoms with Crippen molar-refractivity contribution in [3.05, 3.63) is 66.2 Å². The van der Waals surface area contributed by atoms with Gasteiger partial charge in [-0.2, -0.15) is 0 Å². The van der Waals surface area contributed by atoms with E-state index in [0.717, 1.165) is 11.3 Å². The number of anilines is 1. The number of para-hydroxylation sites is 1. The average Bonchev–Trinajstić information content (AvgIpc) is 2.98. The molecule has 6 heteroatoms. The first-order valence-corrected chi connectivity index (χ1v) is 8.11. The van der Waals surface area contributed by atoms with Crippen LogP contribution in [0.15, 0.2) is 60.7 Å². The number of benzene rings is 2. The number of aliphatic carboxylic acids is 1. The number of rotatable bonds is 4. The summed E-state index contributed by atoms with van der Waals surface area (Å²) in [5, 5.41) is 9.09. The number of amides is 1. The van der Waals surface area contributed by atoms with Crippen molar-refractivity contribution in [2.75, 3.05) is 4.90 Å². The monoisotopic (exact) mass is 339 g/mol. The summed E-state index contributed by atoms with van der Waals surface area (Å²) >= 11 is 0. The first-order valence-electron chi connectivity index (χ1n) is 8.11. The maximum Gasteiger partial charge on any atom is 0.306 e. The Morgan fingerprint density at radius 3 is 2.28 bits per heavy atom. The molecule has 2 aliphatic heterocycles. The van der Waals surface area contributed by atoms with E-state index in [0.29, 0.717) is 0 Å². The van der Waals surface area contributed by atoms with Crippen LogP contribution < -0.4 is 4.90 Å². The molecule has 2 heterocycles. The number of nitrogens with zero attached hydrogens (tertiary/aromatic N) is 1. The predicted octanol–water partition coefficient (Wildman–Crippen LogP) is 2.36. The molecule has 2 bridgehead atoms. The lowest BCUT2D eigenvalue weighted by molar-refractivity contribution is -0.144. The van der Waals surface area contributed by atoms with Gasteiger partial charge in [-0.3, -0.25) is 14.5 Å². The topological polar surface area (TPSA) is 76.1 Å². The van der Waals surface area contributed by atoms with E-state index >= 15 is 0 Å². The Balaban J connectivity index is 1.77. The molecule has 4 rings (SSSR count). The smallest absolute Gasteiger partial charge is 0.306 e. The fourth-order valence-electron chi connectivity index (χ4n) is 3.43. The van der Waals surface area contributed by atoms with Crippen molar-refractivity contribution in [3.8, 4) is 0 Å². The van der Waals surface area contributed by atoms with Crippen molar-refractivity contribution < 1.29 is 24.2 Å². The Morgan fingerprint density at radius 2 is 1.64 bits per heavy atom. The highest BCUT2D eigenvalue weighted by Crippen LogP contribution is 2.42. The molecular formula is C19H17NO5. The Hall–Kier alpha value is -2.70. The van der Waals surface area contributed by atoms with Crippen molar-refractivity contribution in [3.63, 3.8) is 0 Å². The zero-order valence-corrected chi connectivity index (χ0v) is 13.3. The van der Waals surface area contributed by atoms with Crippen molar-refractivity contribution in [2.45, 2.75) is 31.0 Å². The van der Waals surface area contributed by atoms with Crippen LogP contribution in [0.2, 0.25) is 0 Å². The molecule has 25 heavy (non-hydrogen) atoms. The molecule has 1 N–H and O–H groups in total. The van der Waals surface area contributed by atoms with Gasteiger partial charge in [-0.05, 0) is 17.7 Å². The second-order valence-corrected chi connectivity index (χ2v) is 6.10. The van der Waals surface area contributed by atoms with Crippen molar-refractivity contribution in [1.29, 1.82) is 0 Å². The molecule has 128 valence electrons. The molecular weight excluding hydrogens is 322 g/mol. The van der Waals surface area contributed by atoms with Crippen LogP contribution in [-0.4, -0.2) is 35.5 Å². The van der Waals surface area contributed by atoms with Crippen LogP contribution in [0.4, 0.5) is 5.69 Å². The van der Waals surface area contributed by atoms with E-state index in [4.69, 9.17) is 14.6 Å². The molecule has 2 aromatic rings. The summed E-state index contributed by atoms with van der Waals surface area (Å²) in [6.45, 7) is 0. The number of hydrogen-bond acceptors (Lipinski definition) is 4. The number of carbonyl (C=O) groups is 2. The fourth-order valence-corrected chi connectivity index (χ4v) is 3.43. The van der Waals surface area contributed by atoms with Gasteiger partial charge in [0.05, 0.1) is 6.42 Å². The standard InChI is InChI=1S/C19H17NO5/c21-15(22)11-14-17-18(23)20(13-9-5-2-6-10-13)16(19(24-14)25-17)12-7-3-1-4-8-12/h1-10,14,16-17,19H,11H2,(H,21,22)/t14-,16+,17-,19+/m0/s1. The summed E-state index contributed by atoms with van der Waals surface area (Å²) in [4.78, 5) is 25.8. The number of morpholine rings is 1. The maximum atomic E-state index is 13.1. The van der Waals surface area contributed by atoms with Gasteiger partial charge in [0.15, 0.2) is 12.4 Å². The van der Waals surface area contributed by atoms with Crippen molar-refractivity contribution in [2.24, 2.45) is 0 Å². The number of carbonyl (C=O) groups excluding carboxylic acids is 1. The van der Waals surface area contributed by atoms with Crippen LogP contribution in [0.25, 0.3) is 0 Å². The lowest BCUT2D eigenvalue weighted by atomic mass is 10.0. The van der Waals surface area contributed by atoms with E-state index in [1.807, 2.05) is 60.7 Å². The molecule has 0 aromatic heterocycles. The minimum absolute atomic E-state index is 0.267. The first-order chi connectivity index (χ1) is 12.1. The first kappa shape index (κ1) is 15.8. The molecule has 2 aromatic carbocycles. The zero-order valence-electron chi connectivity index (χ0n) is 13.3. The number of ether oxygens (including phenoxy) is 2. The van der Waals surface area contributed by atoms with Crippen LogP contribution in [0, 0.1) is 0 Å². The SMILES string of the molecule is O=C(O)C[C@@H]1O[C@@H]2O[C@@H]1C(=O)N(c1ccccc1)[C@@H]2c1ccccc1. The molecule has 6 nitrogen and oxygen atoms in total. The zero-order chi connectivity index (χ0) is 17.4. The Labute approximate surface area is 144 Å². The molecule has 0 aliphatic carbocycles. The van der Waals surface area contributed by atoms with Crippen LogP contribution in [-0.2, 0) is 19.1 Å². The molecule has 0 unspecified atom stereocenters. The Morgan fingerprint density at radius 1 is 1.00 bits per heavy atom. The van der Waals surface area contributed by atoms with Gasteiger partial charge in [0, 0.05) is 5.69 Å². The van der Waals surface area contributed by atoms with Gasteiger partial charge in [0.25, 0.3) is 5.91 Å². The number of hydrogen-bond donors (Lipinski definition) is 1. The number of fused-ring (bicyclic) bond motifs is 2. The van der Waals surface area contributed by atoms with E-state index in [-0.39, 0.29) is 12.3 Å². The van der Waals surface area contributed by atoms with E-state index in [2.05, 4.69) is 0 Å². The minimum atomic E-state index is -1.02. The second kappa shape index (κ2) is 6.31. The fraction of sp³-hybridized carbons (Fsp3) is 0.263. The summed E-state index contributed by atoms with van der Waals surface area (Å²) in [7, 11) is 0. The van der Waals surface area contributed by atoms with Gasteiger partial charge in [-0.25, -0.2) is 0 Å². The Kier molecular flexibility index (Phi) is 3.99. The molecule has 2 saturated heterocycles. The van der Waals surface area contributed by atoms with Gasteiger partial charge in [-0.1, -0.05) is 48.5 Å². The molecule has 0 radical (unpaired) electrons. The highest BCUT2D eigenvalue weighted by molar-refractivity contribution is 5.99. The molecule has 4 atom stereocenters. The van der Waals surface area contributed by atoms with E-state index in [1.54, 1.807) is 4.90 Å². The van der Waals surface area contributed by atoms with Crippen LogP contribution >= 0.6 is 0 Å². The second-order valence-electron chi connectivity index (χ2n) is 6.10. The highest BCUT2D eigenvalue weighted by Gasteiger charge is 2.54. The molecule has 1 amide bonds. The van der Waals surface area contributed by atoms with Crippen LogP contribution in [0.3, 0.4) is 0 Å². The van der Waals surface area contributed by atoms with Gasteiger partial charge >= 0.3 is 5.97 Å². The summed E-state index contributed by atoms with van der Waals surface area (Å²) < 4.78 is 11.6. The molecule has 2 aliphatic rings. The number of carboxylic acid groups (broad SMARTS) is 1. The van der Waals surface area contributed by atoms with Gasteiger partial charge in [-0.15, -0.1) is 0 Å². The van der Waals surface area contributed by atoms with E-state index < -0.39 is 30.5 Å². The predicted molar refractivity (Wildman–Crippen MR) is 88.9 cm³/mol. The highest BCUT2D eigenvalue weighted by atomic mass is 16.7. The summed E-state index contributed by atoms with van der Waals surface area (Å²) in [6, 6.07) is 18.3. The third-order valence-electron chi connectivity index (χ3n) is 4.50. The van der Waals surface area contributed by atoms with Gasteiger partial charge < -0.3 is 14.6 Å². The van der Waals surface area contributed by atoms with E-state index in [1.165, 1.54) is 0 Å².